The zero-order valence-corrected chi connectivity index (χ0v) is 19.8. The van der Waals surface area contributed by atoms with Crippen molar-refractivity contribution in [3.8, 4) is 0 Å². The number of fused-ring (bicyclic) bond motifs is 1. The minimum Gasteiger partial charge on any atom is -0.333 e. The molecule has 2 aromatic heterocycles. The number of thioether (sulfide) groups is 1. The number of urea groups is 1. The Labute approximate surface area is 179 Å². The van der Waals surface area contributed by atoms with Crippen molar-refractivity contribution in [3.63, 3.8) is 0 Å². The van der Waals surface area contributed by atoms with Crippen LogP contribution >= 0.6 is 23.1 Å². The number of hydrogen-bond donors (Lipinski definition) is 2. The SMILES string of the molecule is CCCCn1c(SC(C)C(=O)NC(=O)NC(C)(C)C)nc2sc(C)c(C)c2c1=O. The largest absolute Gasteiger partial charge is 0.333 e. The Morgan fingerprint density at radius 3 is 2.52 bits per heavy atom. The Kier molecular flexibility index (Phi) is 7.50. The van der Waals surface area contributed by atoms with Crippen LogP contribution in [0.4, 0.5) is 4.79 Å². The molecule has 2 N–H and O–H groups in total. The topological polar surface area (TPSA) is 93.1 Å². The molecule has 2 heterocycles. The van der Waals surface area contributed by atoms with Crippen molar-refractivity contribution in [2.75, 3.05) is 0 Å². The van der Waals surface area contributed by atoms with Crippen molar-refractivity contribution in [2.45, 2.75) is 83.8 Å². The fourth-order valence-electron chi connectivity index (χ4n) is 2.71. The number of unbranched alkanes of at least 4 members (excludes halogenated alkanes) is 1. The number of carbonyl (C=O) groups excluding carboxylic acids is 2. The maximum absolute atomic E-state index is 13.1. The third kappa shape index (κ3) is 5.82. The lowest BCUT2D eigenvalue weighted by atomic mass is 10.1. The van der Waals surface area contributed by atoms with E-state index in [1.165, 1.54) is 23.1 Å². The predicted molar refractivity (Wildman–Crippen MR) is 120 cm³/mol. The number of thiophene rings is 1. The summed E-state index contributed by atoms with van der Waals surface area (Å²) in [5, 5.41) is 5.65. The van der Waals surface area contributed by atoms with Gasteiger partial charge >= 0.3 is 6.03 Å². The fourth-order valence-corrected chi connectivity index (χ4v) is 4.71. The van der Waals surface area contributed by atoms with Gasteiger partial charge in [0.15, 0.2) is 5.16 Å². The standard InChI is InChI=1S/C20H30N4O3S2/c1-8-9-10-24-17(26)14-11(2)12(3)28-16(14)22-19(24)29-13(4)15(25)21-18(27)23-20(5,6)7/h13H,8-10H2,1-7H3,(H2,21,23,25,27). The van der Waals surface area contributed by atoms with Gasteiger partial charge in [-0.2, -0.15) is 0 Å². The summed E-state index contributed by atoms with van der Waals surface area (Å²) in [4.78, 5) is 44.0. The molecule has 0 aliphatic carbocycles. The number of carbonyl (C=O) groups is 2. The number of aromatic nitrogens is 2. The molecule has 2 rings (SSSR count). The summed E-state index contributed by atoms with van der Waals surface area (Å²) >= 11 is 2.69. The number of nitrogens with zero attached hydrogens (tertiary/aromatic N) is 2. The number of imide groups is 1. The van der Waals surface area contributed by atoms with Crippen molar-refractivity contribution >= 4 is 45.3 Å². The van der Waals surface area contributed by atoms with E-state index in [9.17, 15) is 14.4 Å². The number of hydrogen-bond acceptors (Lipinski definition) is 6. The summed E-state index contributed by atoms with van der Waals surface area (Å²) in [6.07, 6.45) is 1.79. The zero-order chi connectivity index (χ0) is 21.9. The molecule has 3 amide bonds. The maximum atomic E-state index is 13.1. The molecule has 0 saturated carbocycles. The molecule has 1 atom stereocenters. The van der Waals surface area contributed by atoms with Gasteiger partial charge in [0.05, 0.1) is 10.6 Å². The third-order valence-corrected chi connectivity index (χ3v) is 6.56. The van der Waals surface area contributed by atoms with Crippen LogP contribution < -0.4 is 16.2 Å². The van der Waals surface area contributed by atoms with Crippen LogP contribution in [0.1, 0.15) is 57.9 Å². The Morgan fingerprint density at radius 2 is 1.93 bits per heavy atom. The van der Waals surface area contributed by atoms with Crippen molar-refractivity contribution in [1.82, 2.24) is 20.2 Å². The van der Waals surface area contributed by atoms with E-state index in [1.807, 2.05) is 34.6 Å². The fraction of sp³-hybridized carbons (Fsp3) is 0.600. The van der Waals surface area contributed by atoms with E-state index in [1.54, 1.807) is 11.5 Å². The van der Waals surface area contributed by atoms with Gasteiger partial charge in [0, 0.05) is 17.0 Å². The molecule has 0 aliphatic heterocycles. The van der Waals surface area contributed by atoms with E-state index < -0.39 is 22.7 Å². The molecule has 0 radical (unpaired) electrons. The lowest BCUT2D eigenvalue weighted by Crippen LogP contribution is -2.49. The first kappa shape index (κ1) is 23.4. The van der Waals surface area contributed by atoms with Crippen LogP contribution in [0.5, 0.6) is 0 Å². The highest BCUT2D eigenvalue weighted by Crippen LogP contribution is 2.29. The van der Waals surface area contributed by atoms with Crippen molar-refractivity contribution < 1.29 is 9.59 Å². The lowest BCUT2D eigenvalue weighted by molar-refractivity contribution is -0.119. The van der Waals surface area contributed by atoms with Crippen molar-refractivity contribution in [3.05, 3.63) is 20.8 Å². The average Bonchev–Trinajstić information content (AvgIpc) is 2.87. The van der Waals surface area contributed by atoms with Gasteiger partial charge in [0.2, 0.25) is 5.91 Å². The molecule has 1 unspecified atom stereocenters. The molecule has 0 bridgehead atoms. The second-order valence-corrected chi connectivity index (χ2v) is 10.6. The van der Waals surface area contributed by atoms with Crippen LogP contribution in [0.3, 0.4) is 0 Å². The summed E-state index contributed by atoms with van der Waals surface area (Å²) in [6, 6.07) is -0.536. The molecule has 2 aromatic rings. The molecule has 0 fully saturated rings. The molecule has 29 heavy (non-hydrogen) atoms. The smallest absolute Gasteiger partial charge is 0.321 e. The first-order valence-electron chi connectivity index (χ1n) is 9.74. The van der Waals surface area contributed by atoms with Gasteiger partial charge in [-0.15, -0.1) is 11.3 Å². The summed E-state index contributed by atoms with van der Waals surface area (Å²) in [7, 11) is 0. The van der Waals surface area contributed by atoms with E-state index >= 15 is 0 Å². The van der Waals surface area contributed by atoms with Crippen molar-refractivity contribution in [2.24, 2.45) is 0 Å². The third-order valence-electron chi connectivity index (χ3n) is 4.37. The van der Waals surface area contributed by atoms with E-state index in [-0.39, 0.29) is 5.56 Å². The molecule has 0 spiro atoms. The molecule has 0 saturated heterocycles. The molecule has 9 heteroatoms. The maximum Gasteiger partial charge on any atom is 0.321 e. The van der Waals surface area contributed by atoms with Gasteiger partial charge in [-0.25, -0.2) is 9.78 Å². The Balaban J connectivity index is 2.30. The summed E-state index contributed by atoms with van der Waals surface area (Å²) in [6.45, 7) is 13.8. The number of aryl methyl sites for hydroxylation is 2. The molecule has 7 nitrogen and oxygen atoms in total. The zero-order valence-electron chi connectivity index (χ0n) is 18.1. The van der Waals surface area contributed by atoms with E-state index in [4.69, 9.17) is 4.98 Å². The molecule has 0 aromatic carbocycles. The minimum absolute atomic E-state index is 0.0640. The summed E-state index contributed by atoms with van der Waals surface area (Å²) < 4.78 is 1.66. The number of amides is 3. The van der Waals surface area contributed by atoms with Gasteiger partial charge in [-0.05, 0) is 53.5 Å². The van der Waals surface area contributed by atoms with Crippen LogP contribution in [0.25, 0.3) is 10.2 Å². The Morgan fingerprint density at radius 1 is 1.28 bits per heavy atom. The molecular weight excluding hydrogens is 408 g/mol. The Hall–Kier alpha value is -1.87. The van der Waals surface area contributed by atoms with Crippen LogP contribution in [0.2, 0.25) is 0 Å². The van der Waals surface area contributed by atoms with Gasteiger partial charge in [0.1, 0.15) is 4.83 Å². The summed E-state index contributed by atoms with van der Waals surface area (Å²) in [5.41, 5.74) is 0.461. The quantitative estimate of drug-likeness (QED) is 0.526. The van der Waals surface area contributed by atoms with Crippen LogP contribution in [-0.4, -0.2) is 32.3 Å². The van der Waals surface area contributed by atoms with E-state index in [2.05, 4.69) is 17.6 Å². The van der Waals surface area contributed by atoms with Crippen molar-refractivity contribution in [1.29, 1.82) is 0 Å². The van der Waals surface area contributed by atoms with Gasteiger partial charge in [-0.1, -0.05) is 25.1 Å². The van der Waals surface area contributed by atoms with E-state index in [0.29, 0.717) is 21.9 Å². The van der Waals surface area contributed by atoms with Gasteiger partial charge < -0.3 is 5.32 Å². The highest BCUT2D eigenvalue weighted by molar-refractivity contribution is 8.00. The van der Waals surface area contributed by atoms with Crippen LogP contribution in [0.15, 0.2) is 9.95 Å². The normalized spacial score (nSPS) is 12.8. The first-order chi connectivity index (χ1) is 13.4. The first-order valence-corrected chi connectivity index (χ1v) is 11.4. The molecule has 160 valence electrons. The van der Waals surface area contributed by atoms with Gasteiger partial charge in [0.25, 0.3) is 5.56 Å². The second-order valence-electron chi connectivity index (χ2n) is 8.12. The van der Waals surface area contributed by atoms with Gasteiger partial charge in [-0.3, -0.25) is 19.5 Å². The average molecular weight is 439 g/mol. The van der Waals surface area contributed by atoms with Crippen LogP contribution in [-0.2, 0) is 11.3 Å². The minimum atomic E-state index is -0.583. The van der Waals surface area contributed by atoms with Crippen LogP contribution in [0, 0.1) is 13.8 Å². The highest BCUT2D eigenvalue weighted by atomic mass is 32.2. The predicted octanol–water partition coefficient (Wildman–Crippen LogP) is 3.98. The number of nitrogens with one attached hydrogen (secondary N) is 2. The number of rotatable bonds is 6. The van der Waals surface area contributed by atoms with E-state index in [0.717, 1.165) is 23.3 Å². The highest BCUT2D eigenvalue weighted by Gasteiger charge is 2.23. The molecular formula is C20H30N4O3S2. The second kappa shape index (κ2) is 9.30. The summed E-state index contributed by atoms with van der Waals surface area (Å²) in [5.74, 6) is -0.424. The molecule has 0 aliphatic rings. The monoisotopic (exact) mass is 438 g/mol. The Bertz CT molecular complexity index is 973. The lowest BCUT2D eigenvalue weighted by Gasteiger charge is -2.21.